The Morgan fingerprint density at radius 2 is 1.95 bits per heavy atom. The Bertz CT molecular complexity index is 564. The van der Waals surface area contributed by atoms with Gasteiger partial charge in [-0.2, -0.15) is 0 Å². The molecule has 1 aliphatic heterocycles. The van der Waals surface area contributed by atoms with Gasteiger partial charge in [0, 0.05) is 19.1 Å². The molecule has 2 unspecified atom stereocenters. The lowest BCUT2D eigenvalue weighted by Crippen LogP contribution is -2.48. The molecule has 0 radical (unpaired) electrons. The number of hydrogen-bond donors (Lipinski definition) is 0. The van der Waals surface area contributed by atoms with E-state index >= 15 is 0 Å². The molecule has 0 N–H and O–H groups in total. The minimum absolute atomic E-state index is 0.00519. The predicted molar refractivity (Wildman–Crippen MR) is 81.1 cm³/mol. The number of hydrogen-bond acceptors (Lipinski definition) is 3. The molecule has 5 heteroatoms. The normalized spacial score (nSPS) is 26.0. The summed E-state index contributed by atoms with van der Waals surface area (Å²) < 4.78 is 7.81. The van der Waals surface area contributed by atoms with Gasteiger partial charge in [-0.05, 0) is 39.2 Å². The number of aromatic nitrogens is 2. The van der Waals surface area contributed by atoms with Gasteiger partial charge in [-0.15, -0.1) is 0 Å². The average Bonchev–Trinajstić information content (AvgIpc) is 3.15. The molecule has 21 heavy (non-hydrogen) atoms. The van der Waals surface area contributed by atoms with Gasteiger partial charge in [0.15, 0.2) is 5.69 Å². The molecule has 2 heterocycles. The zero-order valence-corrected chi connectivity index (χ0v) is 13.0. The summed E-state index contributed by atoms with van der Waals surface area (Å²) in [5.41, 5.74) is 2.34. The molecule has 2 aliphatic rings. The summed E-state index contributed by atoms with van der Waals surface area (Å²) in [4.78, 5) is 19.1. The van der Waals surface area contributed by atoms with Crippen molar-refractivity contribution >= 4 is 11.5 Å². The minimum Gasteiger partial charge on any atom is -0.372 e. The zero-order valence-electron chi connectivity index (χ0n) is 13.0. The van der Waals surface area contributed by atoms with Gasteiger partial charge < -0.3 is 14.2 Å². The first-order valence-electron chi connectivity index (χ1n) is 7.64. The Kier molecular flexibility index (Phi) is 3.61. The Balaban J connectivity index is 1.89. The second-order valence-corrected chi connectivity index (χ2v) is 6.33. The van der Waals surface area contributed by atoms with Gasteiger partial charge in [-0.1, -0.05) is 6.58 Å². The van der Waals surface area contributed by atoms with Crippen molar-refractivity contribution in [3.63, 3.8) is 0 Å². The van der Waals surface area contributed by atoms with Crippen LogP contribution in [0.5, 0.6) is 0 Å². The maximum Gasteiger partial charge on any atom is 0.274 e. The molecule has 0 bridgehead atoms. The van der Waals surface area contributed by atoms with E-state index < -0.39 is 0 Å². The molecule has 0 aromatic carbocycles. The molecule has 1 saturated carbocycles. The maximum atomic E-state index is 12.8. The summed E-state index contributed by atoms with van der Waals surface area (Å²) in [5.74, 6) is -0.00519. The minimum atomic E-state index is -0.00519. The van der Waals surface area contributed by atoms with Crippen molar-refractivity contribution in [2.75, 3.05) is 13.1 Å². The molecular weight excluding hydrogens is 266 g/mol. The molecule has 3 rings (SSSR count). The number of morpholine rings is 1. The fourth-order valence-electron chi connectivity index (χ4n) is 3.06. The quantitative estimate of drug-likeness (QED) is 0.859. The lowest BCUT2D eigenvalue weighted by molar-refractivity contribution is -0.0587. The molecule has 1 amide bonds. The summed E-state index contributed by atoms with van der Waals surface area (Å²) >= 11 is 0. The van der Waals surface area contributed by atoms with Gasteiger partial charge in [0.05, 0.1) is 24.2 Å². The van der Waals surface area contributed by atoms with E-state index in [0.29, 0.717) is 24.8 Å². The standard InChI is InChI=1S/C16H23N3O2/c1-10(2)15-14(17-9-19(15)13-5-6-13)16(20)18-7-11(3)21-12(4)8-18/h9,11-13H,1,5-8H2,2-4H3. The fraction of sp³-hybridized carbons (Fsp3) is 0.625. The summed E-state index contributed by atoms with van der Waals surface area (Å²) in [7, 11) is 0. The fourth-order valence-corrected chi connectivity index (χ4v) is 3.06. The lowest BCUT2D eigenvalue weighted by atomic mass is 10.1. The number of ether oxygens (including phenoxy) is 1. The first kappa shape index (κ1) is 14.3. The van der Waals surface area contributed by atoms with Crippen LogP contribution in [0.1, 0.15) is 55.8 Å². The summed E-state index contributed by atoms with van der Waals surface area (Å²) in [6, 6.07) is 0.494. The van der Waals surface area contributed by atoms with Crippen LogP contribution in [0.25, 0.3) is 5.57 Å². The molecule has 114 valence electrons. The van der Waals surface area contributed by atoms with Crippen LogP contribution < -0.4 is 0 Å². The van der Waals surface area contributed by atoms with E-state index in [1.807, 2.05) is 25.7 Å². The summed E-state index contributed by atoms with van der Waals surface area (Å²) in [5, 5.41) is 0. The lowest BCUT2D eigenvalue weighted by Gasteiger charge is -2.35. The first-order valence-corrected chi connectivity index (χ1v) is 7.64. The molecule has 1 aromatic rings. The average molecular weight is 289 g/mol. The molecule has 5 nitrogen and oxygen atoms in total. The van der Waals surface area contributed by atoms with E-state index in [1.165, 1.54) is 0 Å². The van der Waals surface area contributed by atoms with Crippen molar-refractivity contribution in [2.45, 2.75) is 51.9 Å². The molecule has 2 atom stereocenters. The number of nitrogens with zero attached hydrogens (tertiary/aromatic N) is 3. The third-order valence-electron chi connectivity index (χ3n) is 4.05. The molecule has 2 fully saturated rings. The summed E-state index contributed by atoms with van der Waals surface area (Å²) in [6.07, 6.45) is 4.25. The van der Waals surface area contributed by atoms with Gasteiger partial charge in [-0.3, -0.25) is 4.79 Å². The number of amides is 1. The van der Waals surface area contributed by atoms with Crippen LogP contribution in [0, 0.1) is 0 Å². The van der Waals surface area contributed by atoms with Crippen LogP contribution in [0.4, 0.5) is 0 Å². The Hall–Kier alpha value is -1.62. The Labute approximate surface area is 125 Å². The third kappa shape index (κ3) is 2.75. The number of rotatable bonds is 3. The van der Waals surface area contributed by atoms with Gasteiger partial charge in [-0.25, -0.2) is 4.98 Å². The SMILES string of the molecule is C=C(C)c1c(C(=O)N2CC(C)OC(C)C2)ncn1C1CC1. The molecule has 1 saturated heterocycles. The van der Waals surface area contributed by atoms with Gasteiger partial charge in [0.25, 0.3) is 5.91 Å². The maximum absolute atomic E-state index is 12.8. The van der Waals surface area contributed by atoms with Gasteiger partial charge >= 0.3 is 0 Å². The van der Waals surface area contributed by atoms with Crippen molar-refractivity contribution in [1.82, 2.24) is 14.5 Å². The van der Waals surface area contributed by atoms with E-state index in [2.05, 4.69) is 16.1 Å². The topological polar surface area (TPSA) is 47.4 Å². The smallest absolute Gasteiger partial charge is 0.274 e. The Morgan fingerprint density at radius 3 is 2.48 bits per heavy atom. The third-order valence-corrected chi connectivity index (χ3v) is 4.05. The molecule has 1 aromatic heterocycles. The zero-order chi connectivity index (χ0) is 15.1. The predicted octanol–water partition coefficient (Wildman–Crippen LogP) is 2.50. The van der Waals surface area contributed by atoms with E-state index in [1.54, 1.807) is 6.33 Å². The highest BCUT2D eigenvalue weighted by Crippen LogP contribution is 2.38. The summed E-state index contributed by atoms with van der Waals surface area (Å²) in [6.45, 7) is 11.2. The molecule has 1 aliphatic carbocycles. The second-order valence-electron chi connectivity index (χ2n) is 6.33. The van der Waals surface area contributed by atoms with Crippen molar-refractivity contribution in [3.8, 4) is 0 Å². The first-order chi connectivity index (χ1) is 9.97. The van der Waals surface area contributed by atoms with Crippen LogP contribution in [0.3, 0.4) is 0 Å². The molecule has 0 spiro atoms. The highest BCUT2D eigenvalue weighted by molar-refractivity contribution is 5.96. The highest BCUT2D eigenvalue weighted by Gasteiger charge is 2.33. The van der Waals surface area contributed by atoms with Crippen LogP contribution in [-0.4, -0.2) is 45.7 Å². The highest BCUT2D eigenvalue weighted by atomic mass is 16.5. The van der Waals surface area contributed by atoms with Crippen LogP contribution >= 0.6 is 0 Å². The van der Waals surface area contributed by atoms with Crippen LogP contribution in [-0.2, 0) is 4.74 Å². The van der Waals surface area contributed by atoms with Gasteiger partial charge in [0.1, 0.15) is 0 Å². The largest absolute Gasteiger partial charge is 0.372 e. The Morgan fingerprint density at radius 1 is 1.33 bits per heavy atom. The van der Waals surface area contributed by atoms with E-state index in [9.17, 15) is 4.79 Å². The van der Waals surface area contributed by atoms with E-state index in [0.717, 1.165) is 24.1 Å². The number of carbonyl (C=O) groups excluding carboxylic acids is 1. The van der Waals surface area contributed by atoms with Crippen molar-refractivity contribution in [1.29, 1.82) is 0 Å². The second kappa shape index (κ2) is 5.30. The number of imidazole rings is 1. The monoisotopic (exact) mass is 289 g/mol. The van der Waals surface area contributed by atoms with Crippen LogP contribution in [0.15, 0.2) is 12.9 Å². The van der Waals surface area contributed by atoms with Crippen molar-refractivity contribution < 1.29 is 9.53 Å². The van der Waals surface area contributed by atoms with E-state index in [4.69, 9.17) is 4.74 Å². The van der Waals surface area contributed by atoms with Gasteiger partial charge in [0.2, 0.25) is 0 Å². The van der Waals surface area contributed by atoms with Crippen molar-refractivity contribution in [2.24, 2.45) is 0 Å². The number of carbonyl (C=O) groups is 1. The number of allylic oxidation sites excluding steroid dienone is 1. The van der Waals surface area contributed by atoms with E-state index in [-0.39, 0.29) is 18.1 Å². The molecular formula is C16H23N3O2. The van der Waals surface area contributed by atoms with Crippen molar-refractivity contribution in [3.05, 3.63) is 24.3 Å². The van der Waals surface area contributed by atoms with Crippen LogP contribution in [0.2, 0.25) is 0 Å².